The van der Waals surface area contributed by atoms with Gasteiger partial charge in [0.1, 0.15) is 5.75 Å². The van der Waals surface area contributed by atoms with E-state index in [1.165, 1.54) is 69.8 Å². The highest BCUT2D eigenvalue weighted by Gasteiger charge is 2.27. The first-order valence-electron chi connectivity index (χ1n) is 11.5. The van der Waals surface area contributed by atoms with Gasteiger partial charge in [0.15, 0.2) is 0 Å². The molecule has 0 saturated heterocycles. The normalized spacial score (nSPS) is 28.7. The summed E-state index contributed by atoms with van der Waals surface area (Å²) in [5.74, 6) is 3.21. The van der Waals surface area contributed by atoms with Crippen LogP contribution in [0.5, 0.6) is 5.75 Å². The molecule has 3 rings (SSSR count). The molecule has 0 radical (unpaired) electrons. The third-order valence-corrected chi connectivity index (χ3v) is 6.98. The minimum absolute atomic E-state index is 0.0127. The Morgan fingerprint density at radius 1 is 0.926 bits per heavy atom. The first-order chi connectivity index (χ1) is 13.2. The number of benzene rings is 1. The van der Waals surface area contributed by atoms with Crippen molar-refractivity contribution in [2.75, 3.05) is 0 Å². The molecule has 1 aromatic carbocycles. The van der Waals surface area contributed by atoms with Crippen molar-refractivity contribution in [3.63, 3.8) is 0 Å². The summed E-state index contributed by atoms with van der Waals surface area (Å²) in [5.41, 5.74) is 1.41. The third kappa shape index (κ3) is 6.09. The van der Waals surface area contributed by atoms with Crippen molar-refractivity contribution in [3.05, 3.63) is 29.8 Å². The van der Waals surface area contributed by atoms with Crippen LogP contribution in [0.1, 0.15) is 102 Å². The second kappa shape index (κ2) is 10.3. The van der Waals surface area contributed by atoms with E-state index in [1.54, 1.807) is 0 Å². The second-order valence-corrected chi connectivity index (χ2v) is 9.16. The maximum Gasteiger partial charge on any atom is 0.314 e. The van der Waals surface area contributed by atoms with Crippen molar-refractivity contribution in [2.45, 2.75) is 96.8 Å². The molecule has 0 N–H and O–H groups in total. The minimum atomic E-state index is -0.0127. The Hall–Kier alpha value is -1.31. The zero-order chi connectivity index (χ0) is 19.1. The van der Waals surface area contributed by atoms with Gasteiger partial charge in [0.2, 0.25) is 0 Å². The number of carbonyl (C=O) groups is 1. The van der Waals surface area contributed by atoms with E-state index in [2.05, 4.69) is 26.0 Å². The van der Waals surface area contributed by atoms with E-state index in [-0.39, 0.29) is 11.9 Å². The molecule has 2 aliphatic rings. The first-order valence-corrected chi connectivity index (χ1v) is 11.5. The molecule has 0 bridgehead atoms. The van der Waals surface area contributed by atoms with Crippen molar-refractivity contribution < 1.29 is 9.53 Å². The summed E-state index contributed by atoms with van der Waals surface area (Å²) in [7, 11) is 0. The van der Waals surface area contributed by atoms with Crippen LogP contribution in [0.25, 0.3) is 0 Å². The van der Waals surface area contributed by atoms with E-state index in [1.807, 2.05) is 12.1 Å². The van der Waals surface area contributed by atoms with Gasteiger partial charge in [-0.05, 0) is 74.0 Å². The monoisotopic (exact) mass is 370 g/mol. The van der Waals surface area contributed by atoms with Gasteiger partial charge in [-0.3, -0.25) is 4.79 Å². The average Bonchev–Trinajstić information content (AvgIpc) is 2.70. The fourth-order valence-corrected chi connectivity index (χ4v) is 4.97. The lowest BCUT2D eigenvalue weighted by atomic mass is 9.79. The summed E-state index contributed by atoms with van der Waals surface area (Å²) in [6.07, 6.45) is 15.0. The molecule has 0 aliphatic heterocycles. The third-order valence-electron chi connectivity index (χ3n) is 6.98. The van der Waals surface area contributed by atoms with E-state index in [0.29, 0.717) is 5.92 Å². The number of unbranched alkanes of at least 4 members (excludes halogenated alkanes) is 2. The summed E-state index contributed by atoms with van der Waals surface area (Å²) >= 11 is 0. The molecule has 2 aliphatic carbocycles. The maximum absolute atomic E-state index is 12.5. The molecule has 150 valence electrons. The van der Waals surface area contributed by atoms with Crippen LogP contribution in [-0.2, 0) is 4.79 Å². The molecule has 1 aromatic rings. The van der Waals surface area contributed by atoms with Gasteiger partial charge in [-0.2, -0.15) is 0 Å². The van der Waals surface area contributed by atoms with E-state index >= 15 is 0 Å². The highest BCUT2D eigenvalue weighted by atomic mass is 16.5. The van der Waals surface area contributed by atoms with Crippen LogP contribution >= 0.6 is 0 Å². The standard InChI is InChI=1S/C25H38O2/c1-3-4-5-6-20-9-13-23(14-10-20)25(26)27-24-17-15-22(16-18-24)21-11-7-19(2)8-12-21/h15-21,23H,3-14H2,1-2H3. The molecule has 2 fully saturated rings. The smallest absolute Gasteiger partial charge is 0.314 e. The molecule has 0 unspecified atom stereocenters. The van der Waals surface area contributed by atoms with E-state index in [4.69, 9.17) is 4.74 Å². The quantitative estimate of drug-likeness (QED) is 0.286. The van der Waals surface area contributed by atoms with Crippen molar-refractivity contribution in [3.8, 4) is 5.75 Å². The molecule has 2 saturated carbocycles. The van der Waals surface area contributed by atoms with E-state index in [9.17, 15) is 4.79 Å². The highest BCUT2D eigenvalue weighted by Crippen LogP contribution is 2.36. The van der Waals surface area contributed by atoms with Crippen molar-refractivity contribution in [1.29, 1.82) is 0 Å². The summed E-state index contributed by atoms with van der Waals surface area (Å²) in [4.78, 5) is 12.5. The van der Waals surface area contributed by atoms with Crippen molar-refractivity contribution in [1.82, 2.24) is 0 Å². The number of hydrogen-bond acceptors (Lipinski definition) is 2. The Morgan fingerprint density at radius 3 is 2.22 bits per heavy atom. The largest absolute Gasteiger partial charge is 0.426 e. The van der Waals surface area contributed by atoms with Crippen LogP contribution in [-0.4, -0.2) is 5.97 Å². The highest BCUT2D eigenvalue weighted by molar-refractivity contribution is 5.75. The summed E-state index contributed by atoms with van der Waals surface area (Å²) in [6, 6.07) is 8.35. The summed E-state index contributed by atoms with van der Waals surface area (Å²) < 4.78 is 5.71. The predicted molar refractivity (Wildman–Crippen MR) is 112 cm³/mol. The van der Waals surface area contributed by atoms with Crippen molar-refractivity contribution in [2.24, 2.45) is 17.8 Å². The topological polar surface area (TPSA) is 26.3 Å². The van der Waals surface area contributed by atoms with Crippen LogP contribution in [0, 0.1) is 17.8 Å². The van der Waals surface area contributed by atoms with Gasteiger partial charge in [-0.25, -0.2) is 0 Å². The van der Waals surface area contributed by atoms with Crippen LogP contribution < -0.4 is 4.74 Å². The predicted octanol–water partition coefficient (Wildman–Crippen LogP) is 7.27. The molecule has 2 nitrogen and oxygen atoms in total. The molecule has 0 heterocycles. The number of carbonyl (C=O) groups excluding carboxylic acids is 1. The lowest BCUT2D eigenvalue weighted by Crippen LogP contribution is -2.25. The average molecular weight is 371 g/mol. The fourth-order valence-electron chi connectivity index (χ4n) is 4.97. The Morgan fingerprint density at radius 2 is 1.59 bits per heavy atom. The second-order valence-electron chi connectivity index (χ2n) is 9.16. The van der Waals surface area contributed by atoms with Gasteiger partial charge in [0, 0.05) is 0 Å². The Labute approximate surface area is 166 Å². The molecule has 0 aromatic heterocycles. The van der Waals surface area contributed by atoms with Gasteiger partial charge in [-0.1, -0.05) is 64.5 Å². The van der Waals surface area contributed by atoms with Crippen LogP contribution in [0.3, 0.4) is 0 Å². The molecular formula is C25H38O2. The van der Waals surface area contributed by atoms with Gasteiger partial charge >= 0.3 is 5.97 Å². The maximum atomic E-state index is 12.5. The van der Waals surface area contributed by atoms with Crippen LogP contribution in [0.4, 0.5) is 0 Å². The zero-order valence-electron chi connectivity index (χ0n) is 17.4. The Bertz CT molecular complexity index is 560. The Kier molecular flexibility index (Phi) is 7.79. The molecule has 0 spiro atoms. The molecule has 0 amide bonds. The first kappa shape index (κ1) is 20.4. The molecule has 0 atom stereocenters. The Balaban J connectivity index is 1.43. The zero-order valence-corrected chi connectivity index (χ0v) is 17.4. The number of esters is 1. The fraction of sp³-hybridized carbons (Fsp3) is 0.720. The van der Waals surface area contributed by atoms with E-state index < -0.39 is 0 Å². The van der Waals surface area contributed by atoms with Gasteiger partial charge in [-0.15, -0.1) is 0 Å². The van der Waals surface area contributed by atoms with Crippen molar-refractivity contribution >= 4 is 5.97 Å². The number of hydrogen-bond donors (Lipinski definition) is 0. The minimum Gasteiger partial charge on any atom is -0.426 e. The van der Waals surface area contributed by atoms with Gasteiger partial charge in [0.05, 0.1) is 5.92 Å². The van der Waals surface area contributed by atoms with Crippen LogP contribution in [0.2, 0.25) is 0 Å². The summed E-state index contributed by atoms with van der Waals surface area (Å²) in [6.45, 7) is 4.62. The molecule has 27 heavy (non-hydrogen) atoms. The van der Waals surface area contributed by atoms with Crippen LogP contribution in [0.15, 0.2) is 24.3 Å². The summed E-state index contributed by atoms with van der Waals surface area (Å²) in [5, 5.41) is 0. The number of rotatable bonds is 7. The lowest BCUT2D eigenvalue weighted by molar-refractivity contribution is -0.140. The van der Waals surface area contributed by atoms with Gasteiger partial charge < -0.3 is 4.74 Å². The van der Waals surface area contributed by atoms with E-state index in [0.717, 1.165) is 30.4 Å². The molecule has 2 heteroatoms. The number of ether oxygens (including phenoxy) is 1. The lowest BCUT2D eigenvalue weighted by Gasteiger charge is -2.27. The molecular weight excluding hydrogens is 332 g/mol. The SMILES string of the molecule is CCCCCC1CCC(C(=O)Oc2ccc(C3CCC(C)CC3)cc2)CC1. The van der Waals surface area contributed by atoms with Gasteiger partial charge in [0.25, 0.3) is 0 Å².